The number of carbonyl (C=O) groups is 1. The van der Waals surface area contributed by atoms with Crippen LogP contribution < -0.4 is 0 Å². The molecule has 0 bridgehead atoms. The van der Waals surface area contributed by atoms with Crippen LogP contribution >= 0.6 is 23.4 Å². The molecule has 0 radical (unpaired) electrons. The summed E-state index contributed by atoms with van der Waals surface area (Å²) in [4.78, 5) is 17.3. The molecule has 0 spiro atoms. The average molecular weight is 374 g/mol. The fourth-order valence-corrected chi connectivity index (χ4v) is 3.45. The smallest absolute Gasteiger partial charge is 0.358 e. The molecule has 7 heteroatoms. The molecule has 0 saturated heterocycles. The average Bonchev–Trinajstić information content (AvgIpc) is 2.99. The number of carbonyl (C=O) groups excluding carboxylic acids is 1. The Kier molecular flexibility index (Phi) is 5.40. The minimum atomic E-state index is -0.457. The number of hydrogen-bond donors (Lipinski definition) is 0. The number of esters is 1. The van der Waals surface area contributed by atoms with Crippen molar-refractivity contribution in [1.82, 2.24) is 14.8 Å². The van der Waals surface area contributed by atoms with Crippen LogP contribution in [0.2, 0.25) is 5.02 Å². The molecule has 0 unspecified atom stereocenters. The lowest BCUT2D eigenvalue weighted by atomic mass is 10.3. The van der Waals surface area contributed by atoms with E-state index in [1.165, 1.54) is 11.8 Å². The van der Waals surface area contributed by atoms with E-state index in [9.17, 15) is 4.79 Å². The fraction of sp³-hybridized carbons (Fsp3) is 0.167. The molecule has 3 rings (SSSR count). The van der Waals surface area contributed by atoms with Gasteiger partial charge in [-0.15, -0.1) is 0 Å². The summed E-state index contributed by atoms with van der Waals surface area (Å²) in [5.74, 6) is -0.457. The van der Waals surface area contributed by atoms with Crippen LogP contribution in [-0.4, -0.2) is 27.3 Å². The molecule has 0 saturated carbocycles. The summed E-state index contributed by atoms with van der Waals surface area (Å²) in [6, 6.07) is 12.9. The van der Waals surface area contributed by atoms with E-state index in [0.29, 0.717) is 17.3 Å². The summed E-state index contributed by atoms with van der Waals surface area (Å²) in [6.45, 7) is 3.99. The first-order valence-corrected chi connectivity index (χ1v) is 8.90. The van der Waals surface area contributed by atoms with E-state index < -0.39 is 5.97 Å². The zero-order valence-corrected chi connectivity index (χ0v) is 15.3. The Morgan fingerprint density at radius 1 is 1.28 bits per heavy atom. The number of pyridine rings is 1. The van der Waals surface area contributed by atoms with Crippen molar-refractivity contribution in [2.75, 3.05) is 6.61 Å². The molecule has 0 N–H and O–H groups in total. The first kappa shape index (κ1) is 17.5. The Morgan fingerprint density at radius 3 is 2.80 bits per heavy atom. The lowest BCUT2D eigenvalue weighted by Gasteiger charge is -2.08. The van der Waals surface area contributed by atoms with E-state index in [2.05, 4.69) is 10.1 Å². The maximum atomic E-state index is 12.1. The van der Waals surface area contributed by atoms with E-state index in [1.54, 1.807) is 29.9 Å². The van der Waals surface area contributed by atoms with Gasteiger partial charge < -0.3 is 4.74 Å². The van der Waals surface area contributed by atoms with Crippen molar-refractivity contribution in [2.24, 2.45) is 0 Å². The monoisotopic (exact) mass is 373 g/mol. The number of aryl methyl sites for hydroxylation is 1. The van der Waals surface area contributed by atoms with Gasteiger partial charge in [0, 0.05) is 22.9 Å². The summed E-state index contributed by atoms with van der Waals surface area (Å²) in [6.07, 6.45) is 1.75. The van der Waals surface area contributed by atoms with Gasteiger partial charge >= 0.3 is 5.97 Å². The number of aromatic nitrogens is 3. The highest BCUT2D eigenvalue weighted by Gasteiger charge is 2.18. The van der Waals surface area contributed by atoms with Crippen molar-refractivity contribution in [2.45, 2.75) is 23.8 Å². The summed E-state index contributed by atoms with van der Waals surface area (Å²) in [5.41, 5.74) is 1.86. The second-order valence-electron chi connectivity index (χ2n) is 5.19. The van der Waals surface area contributed by atoms with Gasteiger partial charge in [-0.2, -0.15) is 5.10 Å². The Balaban J connectivity index is 2.05. The Bertz CT molecular complexity index is 911. The third-order valence-corrected chi connectivity index (χ3v) is 4.64. The summed E-state index contributed by atoms with van der Waals surface area (Å²) in [5, 5.41) is 5.71. The zero-order chi connectivity index (χ0) is 17.8. The number of halogens is 1. The van der Waals surface area contributed by atoms with E-state index >= 15 is 0 Å². The van der Waals surface area contributed by atoms with Crippen molar-refractivity contribution in [3.05, 3.63) is 65.1 Å². The number of rotatable bonds is 5. The highest BCUT2D eigenvalue weighted by atomic mass is 35.5. The maximum Gasteiger partial charge on any atom is 0.358 e. The Hall–Kier alpha value is -2.31. The molecule has 0 aliphatic carbocycles. The van der Waals surface area contributed by atoms with Crippen LogP contribution in [0.25, 0.3) is 5.69 Å². The SMILES string of the molecule is CCOC(=O)c1cc(Sc2ccnc(C)c2)n(-c2ccccc2Cl)n1. The van der Waals surface area contributed by atoms with Crippen molar-refractivity contribution in [1.29, 1.82) is 0 Å². The van der Waals surface area contributed by atoms with E-state index in [1.807, 2.05) is 37.3 Å². The van der Waals surface area contributed by atoms with Crippen LogP contribution in [0, 0.1) is 6.92 Å². The maximum absolute atomic E-state index is 12.1. The topological polar surface area (TPSA) is 57.0 Å². The second kappa shape index (κ2) is 7.72. The molecule has 2 aromatic heterocycles. The normalized spacial score (nSPS) is 10.7. The van der Waals surface area contributed by atoms with E-state index in [4.69, 9.17) is 16.3 Å². The molecule has 3 aromatic rings. The Morgan fingerprint density at radius 2 is 2.08 bits per heavy atom. The zero-order valence-electron chi connectivity index (χ0n) is 13.8. The number of nitrogens with zero attached hydrogens (tertiary/aromatic N) is 3. The molecule has 0 atom stereocenters. The minimum absolute atomic E-state index is 0.245. The van der Waals surface area contributed by atoms with Crippen LogP contribution in [0.1, 0.15) is 23.1 Å². The van der Waals surface area contributed by atoms with Crippen molar-refractivity contribution >= 4 is 29.3 Å². The highest BCUT2D eigenvalue weighted by Crippen LogP contribution is 2.32. The molecule has 128 valence electrons. The van der Waals surface area contributed by atoms with E-state index in [-0.39, 0.29) is 5.69 Å². The number of benzene rings is 1. The largest absolute Gasteiger partial charge is 0.461 e. The predicted octanol–water partition coefficient (Wildman–Crippen LogP) is 4.56. The molecule has 2 heterocycles. The van der Waals surface area contributed by atoms with Crippen LogP contribution in [0.5, 0.6) is 0 Å². The third-order valence-electron chi connectivity index (χ3n) is 3.33. The summed E-state index contributed by atoms with van der Waals surface area (Å²) in [7, 11) is 0. The van der Waals surface area contributed by atoms with Gasteiger partial charge in [-0.25, -0.2) is 9.48 Å². The quantitative estimate of drug-likeness (QED) is 0.614. The van der Waals surface area contributed by atoms with Gasteiger partial charge in [0.15, 0.2) is 5.69 Å². The first-order chi connectivity index (χ1) is 12.1. The Labute approximate surface area is 155 Å². The van der Waals surface area contributed by atoms with Crippen molar-refractivity contribution in [3.8, 4) is 5.69 Å². The highest BCUT2D eigenvalue weighted by molar-refractivity contribution is 7.99. The first-order valence-electron chi connectivity index (χ1n) is 7.71. The molecule has 0 aliphatic rings. The van der Waals surface area contributed by atoms with Gasteiger partial charge in [0.1, 0.15) is 5.03 Å². The van der Waals surface area contributed by atoms with E-state index in [0.717, 1.165) is 15.6 Å². The fourth-order valence-electron chi connectivity index (χ4n) is 2.24. The molecule has 1 aromatic carbocycles. The third kappa shape index (κ3) is 4.03. The molecule has 5 nitrogen and oxygen atoms in total. The summed E-state index contributed by atoms with van der Waals surface area (Å²) >= 11 is 7.79. The number of ether oxygens (including phenoxy) is 1. The molecule has 25 heavy (non-hydrogen) atoms. The molecular formula is C18H16ClN3O2S. The van der Waals surface area contributed by atoms with Gasteiger partial charge in [0.2, 0.25) is 0 Å². The minimum Gasteiger partial charge on any atom is -0.461 e. The van der Waals surface area contributed by atoms with Crippen LogP contribution in [-0.2, 0) is 4.74 Å². The molecule has 0 amide bonds. The van der Waals surface area contributed by atoms with Gasteiger partial charge in [-0.3, -0.25) is 4.98 Å². The molecular weight excluding hydrogens is 358 g/mol. The van der Waals surface area contributed by atoms with Crippen molar-refractivity contribution in [3.63, 3.8) is 0 Å². The lowest BCUT2D eigenvalue weighted by Crippen LogP contribution is -2.07. The second-order valence-corrected chi connectivity index (χ2v) is 6.69. The van der Waals surface area contributed by atoms with Gasteiger partial charge in [-0.1, -0.05) is 35.5 Å². The van der Waals surface area contributed by atoms with Gasteiger partial charge in [0.25, 0.3) is 0 Å². The van der Waals surface area contributed by atoms with Gasteiger partial charge in [-0.05, 0) is 38.1 Å². The molecule has 0 fully saturated rings. The molecule has 0 aliphatic heterocycles. The lowest BCUT2D eigenvalue weighted by molar-refractivity contribution is 0.0519. The predicted molar refractivity (Wildman–Crippen MR) is 97.6 cm³/mol. The van der Waals surface area contributed by atoms with Crippen LogP contribution in [0.15, 0.2) is 58.6 Å². The van der Waals surface area contributed by atoms with Crippen molar-refractivity contribution < 1.29 is 9.53 Å². The summed E-state index contributed by atoms with van der Waals surface area (Å²) < 4.78 is 6.73. The number of hydrogen-bond acceptors (Lipinski definition) is 5. The van der Waals surface area contributed by atoms with Gasteiger partial charge in [0.05, 0.1) is 17.3 Å². The standard InChI is InChI=1S/C18H16ClN3O2S/c1-3-24-18(23)15-11-17(25-13-8-9-20-12(2)10-13)22(21-15)16-7-5-4-6-14(16)19/h4-11H,3H2,1-2H3. The van der Waals surface area contributed by atoms with Crippen LogP contribution in [0.4, 0.5) is 0 Å². The number of para-hydroxylation sites is 1. The van der Waals surface area contributed by atoms with Crippen LogP contribution in [0.3, 0.4) is 0 Å².